The monoisotopic (exact) mass is 304 g/mol. The van der Waals surface area contributed by atoms with E-state index in [1.165, 1.54) is 25.7 Å². The van der Waals surface area contributed by atoms with Crippen molar-refractivity contribution in [3.63, 3.8) is 0 Å². The molecule has 1 rings (SSSR count). The molecule has 0 bridgehead atoms. The van der Waals surface area contributed by atoms with Crippen LogP contribution in [0.2, 0.25) is 0 Å². The summed E-state index contributed by atoms with van der Waals surface area (Å²) in [6, 6.07) is 0.472. The van der Waals surface area contributed by atoms with Gasteiger partial charge in [0.15, 0.2) is 5.96 Å². The molecular weight excluding hydrogens is 276 g/mol. The Labute approximate surface area is 122 Å². The molecule has 7 heteroatoms. The fraction of sp³-hybridized carbons (Fsp3) is 0.923. The van der Waals surface area contributed by atoms with E-state index < -0.39 is 10.0 Å². The van der Waals surface area contributed by atoms with Crippen molar-refractivity contribution in [3.8, 4) is 0 Å². The lowest BCUT2D eigenvalue weighted by molar-refractivity contribution is 0.324. The van der Waals surface area contributed by atoms with Gasteiger partial charge < -0.3 is 10.6 Å². The van der Waals surface area contributed by atoms with Gasteiger partial charge in [0.2, 0.25) is 10.0 Å². The third-order valence-corrected chi connectivity index (χ3v) is 4.10. The minimum atomic E-state index is -3.13. The summed E-state index contributed by atoms with van der Waals surface area (Å²) < 4.78 is 24.4. The molecule has 1 saturated carbocycles. The van der Waals surface area contributed by atoms with E-state index in [0.717, 1.165) is 24.7 Å². The lowest BCUT2D eigenvalue weighted by atomic mass is 9.87. The van der Waals surface area contributed by atoms with E-state index in [9.17, 15) is 8.42 Å². The Kier molecular flexibility index (Phi) is 7.29. The van der Waals surface area contributed by atoms with Crippen LogP contribution in [-0.4, -0.2) is 46.3 Å². The lowest BCUT2D eigenvalue weighted by Crippen LogP contribution is -2.45. The summed E-state index contributed by atoms with van der Waals surface area (Å²) in [5.74, 6) is 1.54. The molecule has 1 aliphatic rings. The highest BCUT2D eigenvalue weighted by molar-refractivity contribution is 7.88. The average Bonchev–Trinajstić information content (AvgIpc) is 2.33. The Balaban J connectivity index is 2.42. The Hall–Kier alpha value is -0.820. The molecule has 0 radical (unpaired) electrons. The first-order valence-corrected chi connectivity index (χ1v) is 9.29. The first-order chi connectivity index (χ1) is 9.40. The van der Waals surface area contributed by atoms with Gasteiger partial charge in [0.05, 0.1) is 12.8 Å². The molecule has 0 aromatic carbocycles. The van der Waals surface area contributed by atoms with Crippen LogP contribution in [0, 0.1) is 5.92 Å². The van der Waals surface area contributed by atoms with Crippen molar-refractivity contribution in [3.05, 3.63) is 0 Å². The number of rotatable bonds is 6. The zero-order chi connectivity index (χ0) is 15.0. The maximum Gasteiger partial charge on any atom is 0.208 e. The van der Waals surface area contributed by atoms with Crippen LogP contribution in [-0.2, 0) is 10.0 Å². The minimum absolute atomic E-state index is 0.330. The third kappa shape index (κ3) is 7.69. The molecular formula is C13H28N4O2S. The number of sulfonamides is 1. The number of hydrogen-bond donors (Lipinski definition) is 3. The van der Waals surface area contributed by atoms with E-state index in [4.69, 9.17) is 0 Å². The molecule has 0 aromatic rings. The van der Waals surface area contributed by atoms with Gasteiger partial charge in [-0.1, -0.05) is 19.8 Å². The van der Waals surface area contributed by atoms with E-state index in [1.54, 1.807) is 0 Å². The fourth-order valence-corrected chi connectivity index (χ4v) is 2.94. The van der Waals surface area contributed by atoms with E-state index in [0.29, 0.717) is 19.1 Å². The summed E-state index contributed by atoms with van der Waals surface area (Å²) in [5.41, 5.74) is 0. The maximum atomic E-state index is 11.0. The topological polar surface area (TPSA) is 82.6 Å². The smallest absolute Gasteiger partial charge is 0.208 e. The van der Waals surface area contributed by atoms with Gasteiger partial charge in [-0.2, -0.15) is 0 Å². The molecule has 20 heavy (non-hydrogen) atoms. The molecule has 1 fully saturated rings. The van der Waals surface area contributed by atoms with Gasteiger partial charge in [0.25, 0.3) is 0 Å². The van der Waals surface area contributed by atoms with Gasteiger partial charge >= 0.3 is 0 Å². The molecule has 2 atom stereocenters. The van der Waals surface area contributed by atoms with Gasteiger partial charge in [-0.25, -0.2) is 13.1 Å². The number of hydrogen-bond acceptors (Lipinski definition) is 3. The molecule has 1 aliphatic carbocycles. The number of guanidine groups is 1. The standard InChI is InChI=1S/C13H28N4O2S/c1-4-14-13(15-8-9-16-20(3,18)19)17-12-7-5-6-11(2)10-12/h11-12,16H,4-10H2,1-3H3,(H2,14,15,17). The Morgan fingerprint density at radius 3 is 2.70 bits per heavy atom. The summed E-state index contributed by atoms with van der Waals surface area (Å²) in [4.78, 5) is 4.40. The average molecular weight is 304 g/mol. The molecule has 0 aromatic heterocycles. The van der Waals surface area contributed by atoms with Crippen LogP contribution in [0.15, 0.2) is 4.99 Å². The van der Waals surface area contributed by atoms with E-state index in [-0.39, 0.29) is 0 Å². The zero-order valence-corrected chi connectivity index (χ0v) is 13.6. The molecule has 0 saturated heterocycles. The van der Waals surface area contributed by atoms with Crippen molar-refractivity contribution in [2.45, 2.75) is 45.6 Å². The second kappa shape index (κ2) is 8.46. The van der Waals surface area contributed by atoms with Gasteiger partial charge in [-0.05, 0) is 25.7 Å². The van der Waals surface area contributed by atoms with Crippen molar-refractivity contribution < 1.29 is 8.42 Å². The highest BCUT2D eigenvalue weighted by Gasteiger charge is 2.19. The molecule has 118 valence electrons. The predicted molar refractivity (Wildman–Crippen MR) is 83.4 cm³/mol. The molecule has 6 nitrogen and oxygen atoms in total. The van der Waals surface area contributed by atoms with Gasteiger partial charge in [0, 0.05) is 19.1 Å². The largest absolute Gasteiger partial charge is 0.357 e. The third-order valence-electron chi connectivity index (χ3n) is 3.37. The van der Waals surface area contributed by atoms with E-state index in [1.807, 2.05) is 6.92 Å². The van der Waals surface area contributed by atoms with Crippen LogP contribution in [0.4, 0.5) is 0 Å². The maximum absolute atomic E-state index is 11.0. The van der Waals surface area contributed by atoms with E-state index in [2.05, 4.69) is 27.3 Å². The molecule has 0 spiro atoms. The van der Waals surface area contributed by atoms with Gasteiger partial charge in [0.1, 0.15) is 0 Å². The van der Waals surface area contributed by atoms with Crippen LogP contribution in [0.3, 0.4) is 0 Å². The first-order valence-electron chi connectivity index (χ1n) is 7.40. The highest BCUT2D eigenvalue weighted by Crippen LogP contribution is 2.23. The van der Waals surface area contributed by atoms with Gasteiger partial charge in [-0.15, -0.1) is 0 Å². The second-order valence-corrected chi connectivity index (χ2v) is 7.37. The van der Waals surface area contributed by atoms with Crippen molar-refractivity contribution >= 4 is 16.0 Å². The summed E-state index contributed by atoms with van der Waals surface area (Å²) in [7, 11) is -3.13. The van der Waals surface area contributed by atoms with Crippen molar-refractivity contribution in [2.75, 3.05) is 25.9 Å². The molecule has 2 unspecified atom stereocenters. The molecule has 0 amide bonds. The minimum Gasteiger partial charge on any atom is -0.357 e. The summed E-state index contributed by atoms with van der Waals surface area (Å²) >= 11 is 0. The molecule has 3 N–H and O–H groups in total. The highest BCUT2D eigenvalue weighted by atomic mass is 32.2. The lowest BCUT2D eigenvalue weighted by Gasteiger charge is -2.28. The van der Waals surface area contributed by atoms with Crippen LogP contribution < -0.4 is 15.4 Å². The van der Waals surface area contributed by atoms with Crippen molar-refractivity contribution in [1.29, 1.82) is 0 Å². The van der Waals surface area contributed by atoms with Crippen molar-refractivity contribution in [1.82, 2.24) is 15.4 Å². The zero-order valence-electron chi connectivity index (χ0n) is 12.8. The normalized spacial score (nSPS) is 24.4. The Morgan fingerprint density at radius 1 is 1.35 bits per heavy atom. The van der Waals surface area contributed by atoms with Crippen molar-refractivity contribution in [2.24, 2.45) is 10.9 Å². The second-order valence-electron chi connectivity index (χ2n) is 5.54. The molecule has 0 heterocycles. The first kappa shape index (κ1) is 17.2. The van der Waals surface area contributed by atoms with E-state index >= 15 is 0 Å². The Morgan fingerprint density at radius 2 is 2.10 bits per heavy atom. The van der Waals surface area contributed by atoms with Crippen LogP contribution >= 0.6 is 0 Å². The van der Waals surface area contributed by atoms with Crippen LogP contribution in [0.5, 0.6) is 0 Å². The fourth-order valence-electron chi connectivity index (χ4n) is 2.48. The SMILES string of the molecule is CCNC(=NCCNS(C)(=O)=O)NC1CCCC(C)C1. The Bertz CT molecular complexity index is 409. The predicted octanol–water partition coefficient (Wildman–Crippen LogP) is 0.669. The number of nitrogens with one attached hydrogen (secondary N) is 3. The van der Waals surface area contributed by atoms with Crippen LogP contribution in [0.1, 0.15) is 39.5 Å². The molecule has 0 aliphatic heterocycles. The number of nitrogens with zero attached hydrogens (tertiary/aromatic N) is 1. The number of aliphatic imine (C=N–C) groups is 1. The van der Waals surface area contributed by atoms with Crippen LogP contribution in [0.25, 0.3) is 0 Å². The summed E-state index contributed by atoms with van der Waals surface area (Å²) in [6.07, 6.45) is 6.07. The summed E-state index contributed by atoms with van der Waals surface area (Å²) in [5, 5.41) is 6.65. The van der Waals surface area contributed by atoms with Gasteiger partial charge in [-0.3, -0.25) is 4.99 Å². The quantitative estimate of drug-likeness (QED) is 0.383. The summed E-state index contributed by atoms with van der Waals surface area (Å²) in [6.45, 7) is 5.87.